The molecule has 2 heteroatoms. The maximum atomic E-state index is 11.0. The second kappa shape index (κ2) is 4.06. The van der Waals surface area contributed by atoms with E-state index in [1.54, 1.807) is 13.8 Å². The van der Waals surface area contributed by atoms with E-state index in [9.17, 15) is 9.59 Å². The van der Waals surface area contributed by atoms with Crippen molar-refractivity contribution in [3.05, 3.63) is 12.2 Å². The molecule has 0 aromatic rings. The zero-order valence-electron chi connectivity index (χ0n) is 7.31. The normalized spacial score (nSPS) is 12.3. The summed E-state index contributed by atoms with van der Waals surface area (Å²) in [6.45, 7) is 8.42. The summed E-state index contributed by atoms with van der Waals surface area (Å²) in [5, 5.41) is 0. The van der Waals surface area contributed by atoms with Gasteiger partial charge in [-0.3, -0.25) is 9.59 Å². The van der Waals surface area contributed by atoms with Crippen molar-refractivity contribution >= 4 is 11.6 Å². The minimum absolute atomic E-state index is 0.0206. The third-order valence-corrected chi connectivity index (χ3v) is 1.66. The molecule has 0 aliphatic heterocycles. The summed E-state index contributed by atoms with van der Waals surface area (Å²) in [4.78, 5) is 21.7. The summed E-state index contributed by atoms with van der Waals surface area (Å²) in [7, 11) is 0. The van der Waals surface area contributed by atoms with Crippen LogP contribution in [0.4, 0.5) is 0 Å². The van der Waals surface area contributed by atoms with Crippen LogP contribution in [-0.4, -0.2) is 11.6 Å². The molecular formula is C9H14O2. The Morgan fingerprint density at radius 2 is 1.82 bits per heavy atom. The Morgan fingerprint density at radius 1 is 1.36 bits per heavy atom. The van der Waals surface area contributed by atoms with E-state index >= 15 is 0 Å². The fraction of sp³-hybridized carbons (Fsp3) is 0.556. The molecule has 0 N–H and O–H groups in total. The minimum atomic E-state index is -0.167. The van der Waals surface area contributed by atoms with Gasteiger partial charge in [0.1, 0.15) is 5.78 Å². The molecule has 0 radical (unpaired) electrons. The van der Waals surface area contributed by atoms with Gasteiger partial charge in [0.25, 0.3) is 0 Å². The average Bonchev–Trinajstić information content (AvgIpc) is 1.87. The number of hydrogen-bond acceptors (Lipinski definition) is 2. The number of hydrogen-bond donors (Lipinski definition) is 0. The average molecular weight is 154 g/mol. The predicted molar refractivity (Wildman–Crippen MR) is 44.3 cm³/mol. The first-order chi connectivity index (χ1) is 4.95. The highest BCUT2D eigenvalue weighted by molar-refractivity contribution is 5.96. The van der Waals surface area contributed by atoms with Gasteiger partial charge in [-0.25, -0.2) is 0 Å². The van der Waals surface area contributed by atoms with Gasteiger partial charge in [-0.05, 0) is 19.4 Å². The molecule has 2 nitrogen and oxygen atoms in total. The van der Waals surface area contributed by atoms with E-state index in [1.165, 1.54) is 6.92 Å². The molecular weight excluding hydrogens is 140 g/mol. The van der Waals surface area contributed by atoms with Crippen LogP contribution in [-0.2, 0) is 9.59 Å². The molecule has 0 amide bonds. The Labute approximate surface area is 67.3 Å². The van der Waals surface area contributed by atoms with Crippen molar-refractivity contribution < 1.29 is 9.59 Å². The lowest BCUT2D eigenvalue weighted by molar-refractivity contribution is -0.124. The topological polar surface area (TPSA) is 34.1 Å². The van der Waals surface area contributed by atoms with Gasteiger partial charge < -0.3 is 0 Å². The third kappa shape index (κ3) is 3.71. The second-order valence-electron chi connectivity index (χ2n) is 2.92. The van der Waals surface area contributed by atoms with Gasteiger partial charge in [0.2, 0.25) is 0 Å². The lowest BCUT2D eigenvalue weighted by Gasteiger charge is -2.04. The molecule has 0 saturated carbocycles. The van der Waals surface area contributed by atoms with Gasteiger partial charge in [0.15, 0.2) is 5.78 Å². The van der Waals surface area contributed by atoms with Gasteiger partial charge >= 0.3 is 0 Å². The molecule has 1 unspecified atom stereocenters. The molecule has 1 atom stereocenters. The predicted octanol–water partition coefficient (Wildman–Crippen LogP) is 1.75. The summed E-state index contributed by atoms with van der Waals surface area (Å²) in [5.74, 6) is -0.133. The maximum Gasteiger partial charge on any atom is 0.158 e. The molecule has 62 valence electrons. The number of Topliss-reactive ketones (excluding diaryl/α,β-unsaturated/α-hetero) is 2. The van der Waals surface area contributed by atoms with E-state index in [0.29, 0.717) is 12.0 Å². The smallest absolute Gasteiger partial charge is 0.158 e. The number of rotatable bonds is 4. The van der Waals surface area contributed by atoms with Gasteiger partial charge in [0.05, 0.1) is 0 Å². The van der Waals surface area contributed by atoms with Crippen LogP contribution in [0, 0.1) is 5.92 Å². The summed E-state index contributed by atoms with van der Waals surface area (Å²) in [6.07, 6.45) is 0.296. The lowest BCUT2D eigenvalue weighted by atomic mass is 9.98. The number of carbonyl (C=O) groups is 2. The highest BCUT2D eigenvalue weighted by atomic mass is 16.1. The Bertz CT molecular complexity index is 192. The van der Waals surface area contributed by atoms with E-state index < -0.39 is 0 Å². The Hall–Kier alpha value is -0.920. The van der Waals surface area contributed by atoms with Crippen LogP contribution in [0.3, 0.4) is 0 Å². The van der Waals surface area contributed by atoms with Gasteiger partial charge in [-0.1, -0.05) is 13.5 Å². The first-order valence-electron chi connectivity index (χ1n) is 3.64. The molecule has 0 rings (SSSR count). The zero-order chi connectivity index (χ0) is 9.02. The van der Waals surface area contributed by atoms with Crippen molar-refractivity contribution in [1.29, 1.82) is 0 Å². The molecule has 11 heavy (non-hydrogen) atoms. The van der Waals surface area contributed by atoms with E-state index in [-0.39, 0.29) is 17.5 Å². The van der Waals surface area contributed by atoms with Crippen LogP contribution in [0.2, 0.25) is 0 Å². The fourth-order valence-corrected chi connectivity index (χ4v) is 0.596. The van der Waals surface area contributed by atoms with Gasteiger partial charge in [-0.15, -0.1) is 0 Å². The van der Waals surface area contributed by atoms with E-state index in [2.05, 4.69) is 6.58 Å². The van der Waals surface area contributed by atoms with Crippen molar-refractivity contribution in [3.8, 4) is 0 Å². The number of ketones is 2. The lowest BCUT2D eigenvalue weighted by Crippen LogP contribution is -2.12. The third-order valence-electron chi connectivity index (χ3n) is 1.66. The highest BCUT2D eigenvalue weighted by Crippen LogP contribution is 2.07. The number of carbonyl (C=O) groups excluding carboxylic acids is 2. The summed E-state index contributed by atoms with van der Waals surface area (Å²) in [6, 6.07) is 0. The largest absolute Gasteiger partial charge is 0.300 e. The van der Waals surface area contributed by atoms with Crippen LogP contribution in [0.1, 0.15) is 27.2 Å². The fourth-order valence-electron chi connectivity index (χ4n) is 0.596. The van der Waals surface area contributed by atoms with Crippen LogP contribution >= 0.6 is 0 Å². The van der Waals surface area contributed by atoms with E-state index in [0.717, 1.165) is 0 Å². The molecule has 0 spiro atoms. The SMILES string of the molecule is C=C(C)C(=O)CC(C)C(C)=O. The Morgan fingerprint density at radius 3 is 2.09 bits per heavy atom. The first-order valence-corrected chi connectivity index (χ1v) is 3.64. The van der Waals surface area contributed by atoms with Crippen molar-refractivity contribution in [1.82, 2.24) is 0 Å². The molecule has 0 aliphatic rings. The highest BCUT2D eigenvalue weighted by Gasteiger charge is 2.12. The van der Waals surface area contributed by atoms with E-state index in [4.69, 9.17) is 0 Å². The van der Waals surface area contributed by atoms with Crippen LogP contribution in [0.25, 0.3) is 0 Å². The zero-order valence-corrected chi connectivity index (χ0v) is 7.31. The Balaban J connectivity index is 3.95. The molecule has 0 fully saturated rings. The molecule has 0 aromatic carbocycles. The summed E-state index contributed by atoms with van der Waals surface area (Å²) in [5.41, 5.74) is 0.526. The maximum absolute atomic E-state index is 11.0. The second-order valence-corrected chi connectivity index (χ2v) is 2.92. The van der Waals surface area contributed by atoms with E-state index in [1.807, 2.05) is 0 Å². The molecule has 0 aliphatic carbocycles. The van der Waals surface area contributed by atoms with Crippen LogP contribution < -0.4 is 0 Å². The van der Waals surface area contributed by atoms with Crippen molar-refractivity contribution in [2.75, 3.05) is 0 Å². The monoisotopic (exact) mass is 154 g/mol. The minimum Gasteiger partial charge on any atom is -0.300 e. The van der Waals surface area contributed by atoms with Crippen LogP contribution in [0.5, 0.6) is 0 Å². The number of allylic oxidation sites excluding steroid dienone is 1. The molecule has 0 saturated heterocycles. The molecule has 0 heterocycles. The quantitative estimate of drug-likeness (QED) is 0.578. The van der Waals surface area contributed by atoms with Gasteiger partial charge in [0, 0.05) is 12.3 Å². The van der Waals surface area contributed by atoms with Crippen LogP contribution in [0.15, 0.2) is 12.2 Å². The first kappa shape index (κ1) is 10.1. The van der Waals surface area contributed by atoms with Crippen molar-refractivity contribution in [2.45, 2.75) is 27.2 Å². The standard InChI is InChI=1S/C9H14O2/c1-6(2)9(11)5-7(3)8(4)10/h7H,1,5H2,2-4H3. The van der Waals surface area contributed by atoms with Crippen molar-refractivity contribution in [2.24, 2.45) is 5.92 Å². The van der Waals surface area contributed by atoms with Crippen molar-refractivity contribution in [3.63, 3.8) is 0 Å². The Kier molecular flexibility index (Phi) is 3.72. The summed E-state index contributed by atoms with van der Waals surface area (Å²) < 4.78 is 0. The molecule has 0 aromatic heterocycles. The molecule has 0 bridgehead atoms. The summed E-state index contributed by atoms with van der Waals surface area (Å²) >= 11 is 0. The van der Waals surface area contributed by atoms with Gasteiger partial charge in [-0.2, -0.15) is 0 Å².